The van der Waals surface area contributed by atoms with Crippen LogP contribution >= 0.6 is 34.5 Å². The zero-order chi connectivity index (χ0) is 22.9. The fourth-order valence-electron chi connectivity index (χ4n) is 3.45. The lowest BCUT2D eigenvalue weighted by molar-refractivity contribution is -0.123. The first-order valence-corrected chi connectivity index (χ1v) is 13.0. The average Bonchev–Trinajstić information content (AvgIpc) is 3.43. The summed E-state index contributed by atoms with van der Waals surface area (Å²) < 4.78 is 32.9. The predicted molar refractivity (Wildman–Crippen MR) is 124 cm³/mol. The summed E-state index contributed by atoms with van der Waals surface area (Å²) >= 11 is 13.2. The molecule has 1 saturated heterocycles. The van der Waals surface area contributed by atoms with Gasteiger partial charge in [0.05, 0.1) is 21.1 Å². The van der Waals surface area contributed by atoms with E-state index in [0.29, 0.717) is 52.6 Å². The van der Waals surface area contributed by atoms with Crippen molar-refractivity contribution >= 4 is 56.3 Å². The van der Waals surface area contributed by atoms with Crippen LogP contribution in [0.2, 0.25) is 9.36 Å². The molecular weight excluding hydrogens is 495 g/mol. The summed E-state index contributed by atoms with van der Waals surface area (Å²) in [5.41, 5.74) is 0.687. The largest absolute Gasteiger partial charge is 0.441 e. The first kappa shape index (κ1) is 23.0. The molecule has 1 aliphatic heterocycles. The minimum Gasteiger partial charge on any atom is -0.441 e. The van der Waals surface area contributed by atoms with Crippen molar-refractivity contribution in [3.8, 4) is 11.5 Å². The van der Waals surface area contributed by atoms with Crippen molar-refractivity contribution in [2.45, 2.75) is 30.4 Å². The Hall–Kier alpha value is -2.14. The number of halogens is 2. The highest BCUT2D eigenvalue weighted by Crippen LogP contribution is 2.32. The van der Waals surface area contributed by atoms with Gasteiger partial charge in [0, 0.05) is 31.6 Å². The molecule has 3 aromatic rings. The third-order valence-corrected chi connectivity index (χ3v) is 8.53. The van der Waals surface area contributed by atoms with Gasteiger partial charge in [-0.15, -0.1) is 11.3 Å². The number of sulfonamides is 1. The third-order valence-electron chi connectivity index (χ3n) is 5.18. The molecule has 170 valence electrons. The van der Waals surface area contributed by atoms with Gasteiger partial charge in [-0.25, -0.2) is 23.1 Å². The Bertz CT molecular complexity index is 1230. The number of hydrogen-bond acceptors (Lipinski definition) is 8. The molecule has 1 fully saturated rings. The SMILES string of the molecule is CCc1cnc(-c2cnc(N3CCC(C(=O)NS(=O)(=O)c4ccc(Cl)s4)CC3)c(Cl)c2)o1. The van der Waals surface area contributed by atoms with Gasteiger partial charge in [0.1, 0.15) is 15.8 Å². The van der Waals surface area contributed by atoms with E-state index in [1.165, 1.54) is 12.1 Å². The second-order valence-electron chi connectivity index (χ2n) is 7.30. The number of pyridine rings is 1. The van der Waals surface area contributed by atoms with E-state index in [-0.39, 0.29) is 4.21 Å². The number of nitrogens with one attached hydrogen (secondary N) is 1. The summed E-state index contributed by atoms with van der Waals surface area (Å²) in [7, 11) is -3.92. The van der Waals surface area contributed by atoms with Crippen molar-refractivity contribution in [2.24, 2.45) is 5.92 Å². The molecule has 0 atom stereocenters. The van der Waals surface area contributed by atoms with Gasteiger partial charge in [-0.1, -0.05) is 30.1 Å². The molecule has 0 bridgehead atoms. The zero-order valence-corrected chi connectivity index (χ0v) is 20.2. The van der Waals surface area contributed by atoms with Crippen molar-refractivity contribution in [1.82, 2.24) is 14.7 Å². The van der Waals surface area contributed by atoms with Crippen molar-refractivity contribution in [3.63, 3.8) is 0 Å². The molecular formula is C20H20Cl2N4O4S2. The van der Waals surface area contributed by atoms with Gasteiger partial charge >= 0.3 is 0 Å². The fourth-order valence-corrected chi connectivity index (χ4v) is 6.26. The number of piperidine rings is 1. The van der Waals surface area contributed by atoms with Gasteiger partial charge in [-0.3, -0.25) is 4.79 Å². The fraction of sp³-hybridized carbons (Fsp3) is 0.350. The highest BCUT2D eigenvalue weighted by molar-refractivity contribution is 7.92. The monoisotopic (exact) mass is 514 g/mol. The Balaban J connectivity index is 1.38. The molecule has 0 saturated carbocycles. The lowest BCUT2D eigenvalue weighted by atomic mass is 9.96. The number of aromatic nitrogens is 2. The number of anilines is 1. The average molecular weight is 515 g/mol. The Kier molecular flexibility index (Phi) is 6.75. The van der Waals surface area contributed by atoms with Crippen molar-refractivity contribution < 1.29 is 17.6 Å². The summed E-state index contributed by atoms with van der Waals surface area (Å²) in [6.07, 6.45) is 5.04. The topological polar surface area (TPSA) is 105 Å². The summed E-state index contributed by atoms with van der Waals surface area (Å²) in [6.45, 7) is 3.03. The highest BCUT2D eigenvalue weighted by atomic mass is 35.5. The summed E-state index contributed by atoms with van der Waals surface area (Å²) in [4.78, 5) is 23.2. The summed E-state index contributed by atoms with van der Waals surface area (Å²) in [5.74, 6) is 0.919. The quantitative estimate of drug-likeness (QED) is 0.519. The van der Waals surface area contributed by atoms with E-state index in [0.717, 1.165) is 23.5 Å². The number of carbonyl (C=O) groups is 1. The molecule has 0 aliphatic carbocycles. The van der Waals surface area contributed by atoms with Crippen molar-refractivity contribution in [1.29, 1.82) is 0 Å². The zero-order valence-electron chi connectivity index (χ0n) is 17.0. The molecule has 0 unspecified atom stereocenters. The van der Waals surface area contributed by atoms with Crippen molar-refractivity contribution in [3.05, 3.63) is 45.7 Å². The van der Waals surface area contributed by atoms with Crippen LogP contribution < -0.4 is 9.62 Å². The minimum absolute atomic E-state index is 0.0152. The molecule has 0 aromatic carbocycles. The van der Waals surface area contributed by atoms with Crippen LogP contribution in [0.1, 0.15) is 25.5 Å². The van der Waals surface area contributed by atoms with E-state index in [1.807, 2.05) is 11.8 Å². The molecule has 4 rings (SSSR count). The molecule has 3 aromatic heterocycles. The lowest BCUT2D eigenvalue weighted by Crippen LogP contribution is -2.42. The van der Waals surface area contributed by atoms with E-state index >= 15 is 0 Å². The molecule has 1 N–H and O–H groups in total. The van der Waals surface area contributed by atoms with Crippen LogP contribution in [-0.4, -0.2) is 37.4 Å². The van der Waals surface area contributed by atoms with Gasteiger partial charge in [-0.2, -0.15) is 0 Å². The van der Waals surface area contributed by atoms with Crippen LogP contribution in [-0.2, 0) is 21.2 Å². The molecule has 1 amide bonds. The van der Waals surface area contributed by atoms with Crippen LogP contribution in [0, 0.1) is 5.92 Å². The number of rotatable bonds is 6. The van der Waals surface area contributed by atoms with Crippen LogP contribution in [0.5, 0.6) is 0 Å². The van der Waals surface area contributed by atoms with Crippen LogP contribution in [0.3, 0.4) is 0 Å². The predicted octanol–water partition coefficient (Wildman–Crippen LogP) is 4.39. The number of amides is 1. The van der Waals surface area contributed by atoms with Gasteiger partial charge in [0.2, 0.25) is 11.8 Å². The number of carbonyl (C=O) groups excluding carboxylic acids is 1. The minimum atomic E-state index is -3.92. The Morgan fingerprint density at radius 1 is 1.25 bits per heavy atom. The van der Waals surface area contributed by atoms with E-state index in [1.54, 1.807) is 18.5 Å². The lowest BCUT2D eigenvalue weighted by Gasteiger charge is -2.32. The maximum absolute atomic E-state index is 12.5. The van der Waals surface area contributed by atoms with E-state index < -0.39 is 21.8 Å². The number of nitrogens with zero attached hydrogens (tertiary/aromatic N) is 3. The van der Waals surface area contributed by atoms with Gasteiger partial charge < -0.3 is 9.32 Å². The van der Waals surface area contributed by atoms with Crippen LogP contribution in [0.25, 0.3) is 11.5 Å². The van der Waals surface area contributed by atoms with Gasteiger partial charge in [-0.05, 0) is 31.0 Å². The van der Waals surface area contributed by atoms with E-state index in [2.05, 4.69) is 14.7 Å². The number of hydrogen-bond donors (Lipinski definition) is 1. The van der Waals surface area contributed by atoms with Crippen LogP contribution in [0.15, 0.2) is 39.2 Å². The first-order chi connectivity index (χ1) is 15.3. The van der Waals surface area contributed by atoms with E-state index in [9.17, 15) is 13.2 Å². The highest BCUT2D eigenvalue weighted by Gasteiger charge is 2.30. The first-order valence-electron chi connectivity index (χ1n) is 9.94. The molecule has 32 heavy (non-hydrogen) atoms. The standard InChI is InChI=1S/C20H20Cl2N4O4S2/c1-2-14-11-24-20(30-14)13-9-15(21)18(23-10-13)26-7-5-12(6-8-26)19(27)25-32(28,29)17-4-3-16(22)31-17/h3-4,9-12H,2,5-8H2,1H3,(H,25,27). The molecule has 8 nitrogen and oxygen atoms in total. The third kappa shape index (κ3) is 4.93. The maximum atomic E-state index is 12.5. The summed E-state index contributed by atoms with van der Waals surface area (Å²) in [6, 6.07) is 4.62. The maximum Gasteiger partial charge on any atom is 0.273 e. The van der Waals surface area contributed by atoms with E-state index in [4.69, 9.17) is 27.6 Å². The van der Waals surface area contributed by atoms with Gasteiger partial charge in [0.25, 0.3) is 10.0 Å². The molecule has 12 heteroatoms. The second-order valence-corrected chi connectivity index (χ2v) is 11.3. The normalized spacial score (nSPS) is 15.2. The smallest absolute Gasteiger partial charge is 0.273 e. The van der Waals surface area contributed by atoms with Crippen molar-refractivity contribution in [2.75, 3.05) is 18.0 Å². The number of aryl methyl sites for hydroxylation is 1. The Labute approximate surface area is 199 Å². The molecule has 0 radical (unpaired) electrons. The second kappa shape index (κ2) is 9.38. The Morgan fingerprint density at radius 3 is 2.59 bits per heavy atom. The van der Waals surface area contributed by atoms with Gasteiger partial charge in [0.15, 0.2) is 0 Å². The molecule has 1 aliphatic rings. The number of oxazole rings is 1. The summed E-state index contributed by atoms with van der Waals surface area (Å²) in [5, 5.41) is 0.457. The Morgan fingerprint density at radius 2 is 2.00 bits per heavy atom. The molecule has 0 spiro atoms. The number of thiophene rings is 1. The van der Waals surface area contributed by atoms with Crippen LogP contribution in [0.4, 0.5) is 5.82 Å². The molecule has 4 heterocycles.